The van der Waals surface area contributed by atoms with Crippen LogP contribution in [0.15, 0.2) is 36.4 Å². The van der Waals surface area contributed by atoms with E-state index in [-0.39, 0.29) is 18.0 Å². The molecule has 1 aliphatic rings. The van der Waals surface area contributed by atoms with Gasteiger partial charge in [0.2, 0.25) is 10.0 Å². The molecule has 0 saturated carbocycles. The van der Waals surface area contributed by atoms with Crippen LogP contribution >= 0.6 is 0 Å². The van der Waals surface area contributed by atoms with E-state index in [1.54, 1.807) is 32.0 Å². The molecular weight excluding hydrogens is 429 g/mol. The van der Waals surface area contributed by atoms with Crippen LogP contribution in [0.1, 0.15) is 45.7 Å². The molecule has 2 aromatic rings. The second-order valence-corrected chi connectivity index (χ2v) is 10.9. The van der Waals surface area contributed by atoms with Crippen LogP contribution in [0.4, 0.5) is 21.5 Å². The molecular formula is C24H34FN3O3S. The third-order valence-corrected chi connectivity index (χ3v) is 7.41. The molecule has 8 heteroatoms. The van der Waals surface area contributed by atoms with Gasteiger partial charge < -0.3 is 15.0 Å². The number of hydrogen-bond donors (Lipinski definition) is 2. The summed E-state index contributed by atoms with van der Waals surface area (Å²) in [6, 6.07) is 10.9. The minimum absolute atomic E-state index is 0.109. The van der Waals surface area contributed by atoms with Crippen LogP contribution in [0, 0.1) is 5.82 Å². The van der Waals surface area contributed by atoms with E-state index in [0.29, 0.717) is 29.9 Å². The van der Waals surface area contributed by atoms with Crippen LogP contribution in [0.2, 0.25) is 0 Å². The van der Waals surface area contributed by atoms with Crippen molar-refractivity contribution in [2.24, 2.45) is 0 Å². The number of morpholine rings is 1. The first-order valence-corrected chi connectivity index (χ1v) is 12.7. The molecule has 176 valence electrons. The largest absolute Gasteiger partial charge is 0.379 e. The Hall–Kier alpha value is -2.32. The van der Waals surface area contributed by atoms with E-state index < -0.39 is 15.3 Å². The van der Waals surface area contributed by atoms with E-state index in [1.807, 2.05) is 39.0 Å². The molecule has 1 saturated heterocycles. The van der Waals surface area contributed by atoms with Gasteiger partial charge in [0.05, 0.1) is 23.1 Å². The molecule has 1 heterocycles. The molecule has 0 aliphatic carbocycles. The van der Waals surface area contributed by atoms with Crippen molar-refractivity contribution in [1.29, 1.82) is 0 Å². The summed E-state index contributed by atoms with van der Waals surface area (Å²) in [6.07, 6.45) is 0.816. The Kier molecular flexibility index (Phi) is 7.67. The van der Waals surface area contributed by atoms with E-state index in [1.165, 1.54) is 0 Å². The minimum Gasteiger partial charge on any atom is -0.379 e. The Bertz CT molecular complexity index is 1020. The van der Waals surface area contributed by atoms with Crippen molar-refractivity contribution >= 4 is 27.1 Å². The molecule has 0 amide bonds. The van der Waals surface area contributed by atoms with E-state index in [9.17, 15) is 8.42 Å². The standard InChI is InChI=1S/C24H34FN3O3S/c1-6-21-23(28-14-17(4)31-18(5)15-28)12-11-22(24(21)25)26-13-19-7-9-20(10-8-19)27-32(29,30)16(2)3/h7-12,16-18,26-27H,6,13-15H2,1-5H3. The normalized spacial score (nSPS) is 19.3. The number of rotatable bonds is 8. The van der Waals surface area contributed by atoms with Crippen molar-refractivity contribution in [3.05, 3.63) is 53.3 Å². The molecule has 0 aromatic heterocycles. The molecule has 0 spiro atoms. The Morgan fingerprint density at radius 1 is 1.09 bits per heavy atom. The highest BCUT2D eigenvalue weighted by molar-refractivity contribution is 7.93. The van der Waals surface area contributed by atoms with Crippen molar-refractivity contribution < 1.29 is 17.5 Å². The highest BCUT2D eigenvalue weighted by atomic mass is 32.2. The van der Waals surface area contributed by atoms with Gasteiger partial charge in [-0.15, -0.1) is 0 Å². The molecule has 32 heavy (non-hydrogen) atoms. The number of anilines is 3. The van der Waals surface area contributed by atoms with Gasteiger partial charge in [-0.25, -0.2) is 12.8 Å². The second-order valence-electron chi connectivity index (χ2n) is 8.69. The van der Waals surface area contributed by atoms with Gasteiger partial charge in [0.15, 0.2) is 5.82 Å². The highest BCUT2D eigenvalue weighted by Crippen LogP contribution is 2.31. The van der Waals surface area contributed by atoms with Crippen LogP contribution in [-0.2, 0) is 27.7 Å². The summed E-state index contributed by atoms with van der Waals surface area (Å²) >= 11 is 0. The zero-order valence-electron chi connectivity index (χ0n) is 19.5. The van der Waals surface area contributed by atoms with Crippen molar-refractivity contribution in [1.82, 2.24) is 0 Å². The Morgan fingerprint density at radius 3 is 2.28 bits per heavy atom. The molecule has 6 nitrogen and oxygen atoms in total. The van der Waals surface area contributed by atoms with Crippen LogP contribution in [0.5, 0.6) is 0 Å². The van der Waals surface area contributed by atoms with Gasteiger partial charge in [-0.1, -0.05) is 19.1 Å². The quantitative estimate of drug-likeness (QED) is 0.590. The lowest BCUT2D eigenvalue weighted by Crippen LogP contribution is -2.45. The van der Waals surface area contributed by atoms with Gasteiger partial charge >= 0.3 is 0 Å². The number of ether oxygens (including phenoxy) is 1. The fraction of sp³-hybridized carbons (Fsp3) is 0.500. The van der Waals surface area contributed by atoms with Crippen molar-refractivity contribution in [3.63, 3.8) is 0 Å². The average molecular weight is 464 g/mol. The molecule has 2 unspecified atom stereocenters. The fourth-order valence-corrected chi connectivity index (χ4v) is 4.63. The zero-order valence-corrected chi connectivity index (χ0v) is 20.3. The van der Waals surface area contributed by atoms with Crippen LogP contribution in [0.3, 0.4) is 0 Å². The van der Waals surface area contributed by atoms with Crippen LogP contribution in [0.25, 0.3) is 0 Å². The molecule has 2 N–H and O–H groups in total. The fourth-order valence-electron chi connectivity index (χ4n) is 3.92. The summed E-state index contributed by atoms with van der Waals surface area (Å²) in [5.41, 5.74) is 3.54. The third kappa shape index (κ3) is 5.72. The highest BCUT2D eigenvalue weighted by Gasteiger charge is 2.25. The molecule has 3 rings (SSSR count). The Morgan fingerprint density at radius 2 is 1.72 bits per heavy atom. The smallest absolute Gasteiger partial charge is 0.235 e. The van der Waals surface area contributed by atoms with E-state index in [4.69, 9.17) is 4.74 Å². The lowest BCUT2D eigenvalue weighted by atomic mass is 10.0. The second kappa shape index (κ2) is 10.1. The monoisotopic (exact) mass is 463 g/mol. The van der Waals surface area contributed by atoms with E-state index >= 15 is 4.39 Å². The van der Waals surface area contributed by atoms with Gasteiger partial charge in [0, 0.05) is 36.6 Å². The first-order chi connectivity index (χ1) is 15.1. The van der Waals surface area contributed by atoms with E-state index in [2.05, 4.69) is 14.9 Å². The van der Waals surface area contributed by atoms with Gasteiger partial charge in [-0.3, -0.25) is 4.72 Å². The lowest BCUT2D eigenvalue weighted by Gasteiger charge is -2.38. The van der Waals surface area contributed by atoms with Gasteiger partial charge in [0.25, 0.3) is 0 Å². The summed E-state index contributed by atoms with van der Waals surface area (Å²) in [5.74, 6) is -0.224. The number of hydrogen-bond acceptors (Lipinski definition) is 5. The Labute approximate surface area is 191 Å². The number of sulfonamides is 1. The van der Waals surface area contributed by atoms with Gasteiger partial charge in [0.1, 0.15) is 0 Å². The minimum atomic E-state index is -3.38. The maximum Gasteiger partial charge on any atom is 0.235 e. The topological polar surface area (TPSA) is 70.7 Å². The Balaban J connectivity index is 1.70. The molecule has 0 bridgehead atoms. The number of nitrogens with one attached hydrogen (secondary N) is 2. The predicted molar refractivity (Wildman–Crippen MR) is 129 cm³/mol. The summed E-state index contributed by atoms with van der Waals surface area (Å²) < 4.78 is 47.7. The van der Waals surface area contributed by atoms with Gasteiger partial charge in [-0.2, -0.15) is 0 Å². The number of benzene rings is 2. The lowest BCUT2D eigenvalue weighted by molar-refractivity contribution is -0.00527. The zero-order chi connectivity index (χ0) is 23.5. The molecule has 0 radical (unpaired) electrons. The van der Waals surface area contributed by atoms with Gasteiger partial charge in [-0.05, 0) is 63.9 Å². The summed E-state index contributed by atoms with van der Waals surface area (Å²) in [5, 5.41) is 2.67. The van der Waals surface area contributed by atoms with Crippen LogP contribution in [-0.4, -0.2) is 39.0 Å². The van der Waals surface area contributed by atoms with Crippen LogP contribution < -0.4 is 14.9 Å². The first-order valence-electron chi connectivity index (χ1n) is 11.2. The number of nitrogens with zero attached hydrogens (tertiary/aromatic N) is 1. The molecule has 1 fully saturated rings. The SMILES string of the molecule is CCc1c(N2CC(C)OC(C)C2)ccc(NCc2ccc(NS(=O)(=O)C(C)C)cc2)c1F. The summed E-state index contributed by atoms with van der Waals surface area (Å²) in [4.78, 5) is 2.21. The maximum absolute atomic E-state index is 15.3. The van der Waals surface area contributed by atoms with E-state index in [0.717, 1.165) is 24.3 Å². The first kappa shape index (κ1) is 24.3. The van der Waals surface area contributed by atoms with Crippen molar-refractivity contribution in [2.75, 3.05) is 28.0 Å². The predicted octanol–water partition coefficient (Wildman–Crippen LogP) is 4.76. The average Bonchev–Trinajstić information content (AvgIpc) is 2.72. The van der Waals surface area contributed by atoms with Crippen molar-refractivity contribution in [2.45, 2.75) is 65.0 Å². The molecule has 2 aromatic carbocycles. The number of halogens is 1. The molecule has 1 aliphatic heterocycles. The summed E-state index contributed by atoms with van der Waals surface area (Å²) in [7, 11) is -3.38. The summed E-state index contributed by atoms with van der Waals surface area (Å²) in [6.45, 7) is 11.2. The molecule has 2 atom stereocenters. The van der Waals surface area contributed by atoms with Crippen molar-refractivity contribution in [3.8, 4) is 0 Å². The third-order valence-electron chi connectivity index (χ3n) is 5.65. The maximum atomic E-state index is 15.3.